The number of carbonyl (C=O) groups excluding carboxylic acids is 3. The Morgan fingerprint density at radius 3 is 2.57 bits per heavy atom. The predicted octanol–water partition coefficient (Wildman–Crippen LogP) is 3.04. The molecule has 0 radical (unpaired) electrons. The fourth-order valence-electron chi connectivity index (χ4n) is 3.23. The van der Waals surface area contributed by atoms with E-state index in [1.807, 2.05) is 25.1 Å². The Kier molecular flexibility index (Phi) is 7.24. The van der Waals surface area contributed by atoms with Crippen LogP contribution < -0.4 is 16.0 Å². The molecule has 2 heterocycles. The van der Waals surface area contributed by atoms with Gasteiger partial charge in [-0.3, -0.25) is 9.59 Å². The largest absolute Gasteiger partial charge is 0.341 e. The van der Waals surface area contributed by atoms with Gasteiger partial charge >= 0.3 is 6.03 Å². The van der Waals surface area contributed by atoms with E-state index in [1.54, 1.807) is 23.1 Å². The van der Waals surface area contributed by atoms with Gasteiger partial charge in [0.2, 0.25) is 11.8 Å². The summed E-state index contributed by atoms with van der Waals surface area (Å²) in [7, 11) is 0. The van der Waals surface area contributed by atoms with Crippen molar-refractivity contribution in [3.8, 4) is 0 Å². The third-order valence-electron chi connectivity index (χ3n) is 4.87. The number of amides is 4. The summed E-state index contributed by atoms with van der Waals surface area (Å²) in [6.45, 7) is 2.77. The molecule has 1 aliphatic rings. The van der Waals surface area contributed by atoms with Crippen LogP contribution in [0.15, 0.2) is 42.6 Å². The van der Waals surface area contributed by atoms with Crippen LogP contribution in [0.5, 0.6) is 0 Å². The lowest BCUT2D eigenvalue weighted by Crippen LogP contribution is -2.46. The Labute approximate surface area is 180 Å². The van der Waals surface area contributed by atoms with E-state index in [4.69, 9.17) is 11.6 Å². The molecule has 9 heteroatoms. The molecule has 1 aromatic heterocycles. The maximum Gasteiger partial charge on any atom is 0.319 e. The normalized spacial score (nSPS) is 14.1. The van der Waals surface area contributed by atoms with Crippen molar-refractivity contribution in [3.63, 3.8) is 0 Å². The summed E-state index contributed by atoms with van der Waals surface area (Å²) in [4.78, 5) is 42.5. The number of hydrogen-bond acceptors (Lipinski definition) is 4. The van der Waals surface area contributed by atoms with E-state index in [2.05, 4.69) is 20.9 Å². The number of nitrogens with one attached hydrogen (secondary N) is 3. The minimum atomic E-state index is -0.432. The molecule has 0 unspecified atom stereocenters. The van der Waals surface area contributed by atoms with E-state index in [0.717, 1.165) is 5.56 Å². The first kappa shape index (κ1) is 21.6. The lowest BCUT2D eigenvalue weighted by Gasteiger charge is -2.31. The third kappa shape index (κ3) is 6.18. The third-order valence-corrected chi connectivity index (χ3v) is 5.10. The number of rotatable bonds is 5. The van der Waals surface area contributed by atoms with Gasteiger partial charge in [-0.1, -0.05) is 23.7 Å². The van der Waals surface area contributed by atoms with Crippen LogP contribution in [0.1, 0.15) is 18.4 Å². The molecule has 0 aliphatic carbocycles. The Hall–Kier alpha value is -3.13. The zero-order valence-electron chi connectivity index (χ0n) is 16.7. The molecule has 30 heavy (non-hydrogen) atoms. The fourth-order valence-corrected chi connectivity index (χ4v) is 3.35. The molecule has 4 amide bonds. The zero-order chi connectivity index (χ0) is 21.5. The van der Waals surface area contributed by atoms with Crippen molar-refractivity contribution in [1.29, 1.82) is 0 Å². The van der Waals surface area contributed by atoms with Crippen molar-refractivity contribution >= 4 is 41.0 Å². The first-order valence-corrected chi connectivity index (χ1v) is 10.1. The van der Waals surface area contributed by atoms with E-state index in [1.165, 1.54) is 6.20 Å². The topological polar surface area (TPSA) is 103 Å². The average molecular weight is 430 g/mol. The maximum absolute atomic E-state index is 12.4. The van der Waals surface area contributed by atoms with Gasteiger partial charge in [0.25, 0.3) is 0 Å². The number of aryl methyl sites for hydroxylation is 1. The second-order valence-corrected chi connectivity index (χ2v) is 7.62. The minimum absolute atomic E-state index is 0.0940. The first-order chi connectivity index (χ1) is 14.4. The number of aromatic nitrogens is 1. The van der Waals surface area contributed by atoms with Gasteiger partial charge in [0.05, 0.1) is 11.6 Å². The number of likely N-dealkylation sites (tertiary alicyclic amines) is 1. The highest BCUT2D eigenvalue weighted by Crippen LogP contribution is 2.19. The standard InChI is InChI=1S/C21H24ClN5O3/c1-14-3-2-4-17(11-14)25-21(30)24-13-19(28)27-9-7-15(8-10-27)20(29)26-18-6-5-16(22)12-23-18/h2-6,11-12,15H,7-10,13H2,1H3,(H,23,26,29)(H2,24,25,30). The summed E-state index contributed by atoms with van der Waals surface area (Å²) in [5.41, 5.74) is 1.70. The molecule has 8 nitrogen and oxygen atoms in total. The number of halogens is 1. The van der Waals surface area contributed by atoms with E-state index in [9.17, 15) is 14.4 Å². The maximum atomic E-state index is 12.4. The second-order valence-electron chi connectivity index (χ2n) is 7.18. The van der Waals surface area contributed by atoms with Crippen LogP contribution in [0.2, 0.25) is 5.02 Å². The molecule has 158 valence electrons. The highest BCUT2D eigenvalue weighted by Gasteiger charge is 2.27. The molecule has 3 rings (SSSR count). The van der Waals surface area contributed by atoms with Crippen LogP contribution in [0.4, 0.5) is 16.3 Å². The Morgan fingerprint density at radius 2 is 1.90 bits per heavy atom. The fraction of sp³-hybridized carbons (Fsp3) is 0.333. The van der Waals surface area contributed by atoms with Crippen LogP contribution in [-0.4, -0.2) is 47.4 Å². The van der Waals surface area contributed by atoms with Crippen LogP contribution in [0.3, 0.4) is 0 Å². The van der Waals surface area contributed by atoms with E-state index in [0.29, 0.717) is 42.5 Å². The van der Waals surface area contributed by atoms with Crippen LogP contribution >= 0.6 is 11.6 Å². The molecule has 2 aromatic rings. The molecule has 1 aliphatic heterocycles. The van der Waals surface area contributed by atoms with Gasteiger partial charge in [-0.25, -0.2) is 9.78 Å². The zero-order valence-corrected chi connectivity index (χ0v) is 17.4. The van der Waals surface area contributed by atoms with E-state index in [-0.39, 0.29) is 24.3 Å². The monoisotopic (exact) mass is 429 g/mol. The molecule has 1 fully saturated rings. The van der Waals surface area contributed by atoms with Gasteiger partial charge in [0, 0.05) is 30.9 Å². The number of nitrogens with zero attached hydrogens (tertiary/aromatic N) is 2. The molecule has 3 N–H and O–H groups in total. The smallest absolute Gasteiger partial charge is 0.319 e. The van der Waals surface area contributed by atoms with Gasteiger partial charge in [-0.05, 0) is 49.6 Å². The van der Waals surface area contributed by atoms with Crippen LogP contribution in [0.25, 0.3) is 0 Å². The Bertz CT molecular complexity index is 911. The van der Waals surface area contributed by atoms with Gasteiger partial charge in [0.15, 0.2) is 0 Å². The average Bonchev–Trinajstić information content (AvgIpc) is 2.74. The molecule has 0 bridgehead atoms. The van der Waals surface area contributed by atoms with Crippen molar-refractivity contribution in [1.82, 2.24) is 15.2 Å². The van der Waals surface area contributed by atoms with Crippen molar-refractivity contribution < 1.29 is 14.4 Å². The molecular formula is C21H24ClN5O3. The highest BCUT2D eigenvalue weighted by atomic mass is 35.5. The molecule has 0 atom stereocenters. The predicted molar refractivity (Wildman–Crippen MR) is 115 cm³/mol. The first-order valence-electron chi connectivity index (χ1n) is 9.72. The van der Waals surface area contributed by atoms with E-state index < -0.39 is 6.03 Å². The van der Waals surface area contributed by atoms with Crippen molar-refractivity contribution in [2.24, 2.45) is 5.92 Å². The second kappa shape index (κ2) is 10.1. The quantitative estimate of drug-likeness (QED) is 0.679. The van der Waals surface area contributed by atoms with Gasteiger partial charge in [-0.15, -0.1) is 0 Å². The molecular weight excluding hydrogens is 406 g/mol. The summed E-state index contributed by atoms with van der Waals surface area (Å²) in [6.07, 6.45) is 2.59. The van der Waals surface area contributed by atoms with Crippen molar-refractivity contribution in [2.45, 2.75) is 19.8 Å². The summed E-state index contributed by atoms with van der Waals surface area (Å²) >= 11 is 5.79. The van der Waals surface area contributed by atoms with Crippen molar-refractivity contribution in [3.05, 3.63) is 53.2 Å². The molecule has 0 spiro atoms. The van der Waals surface area contributed by atoms with Gasteiger partial charge < -0.3 is 20.9 Å². The van der Waals surface area contributed by atoms with Crippen molar-refractivity contribution in [2.75, 3.05) is 30.3 Å². The van der Waals surface area contributed by atoms with Gasteiger partial charge in [0.1, 0.15) is 5.82 Å². The Balaban J connectivity index is 1.39. The van der Waals surface area contributed by atoms with Gasteiger partial charge in [-0.2, -0.15) is 0 Å². The van der Waals surface area contributed by atoms with Crippen LogP contribution in [-0.2, 0) is 9.59 Å². The SMILES string of the molecule is Cc1cccc(NC(=O)NCC(=O)N2CCC(C(=O)Nc3ccc(Cl)cn3)CC2)c1. The van der Waals surface area contributed by atoms with Crippen LogP contribution in [0, 0.1) is 12.8 Å². The molecule has 1 saturated heterocycles. The van der Waals surface area contributed by atoms with E-state index >= 15 is 0 Å². The number of hydrogen-bond donors (Lipinski definition) is 3. The number of urea groups is 1. The number of pyridine rings is 1. The lowest BCUT2D eigenvalue weighted by molar-refractivity contribution is -0.133. The number of carbonyl (C=O) groups is 3. The summed E-state index contributed by atoms with van der Waals surface area (Å²) in [5.74, 6) is -0.0315. The minimum Gasteiger partial charge on any atom is -0.341 e. The Morgan fingerprint density at radius 1 is 1.13 bits per heavy atom. The summed E-state index contributed by atoms with van der Waals surface area (Å²) in [6, 6.07) is 10.3. The number of piperidine rings is 1. The molecule has 1 aromatic carbocycles. The lowest BCUT2D eigenvalue weighted by atomic mass is 9.96. The number of benzene rings is 1. The highest BCUT2D eigenvalue weighted by molar-refractivity contribution is 6.30. The summed E-state index contributed by atoms with van der Waals surface area (Å²) in [5, 5.41) is 8.55. The number of anilines is 2. The summed E-state index contributed by atoms with van der Waals surface area (Å²) < 4.78 is 0. The molecule has 0 saturated carbocycles.